The number of rotatable bonds is 2. The molecule has 2 aromatic rings. The number of aryl methyl sites for hydroxylation is 1. The lowest BCUT2D eigenvalue weighted by Crippen LogP contribution is -1.99. The minimum Gasteiger partial charge on any atom is -0.461 e. The van der Waals surface area contributed by atoms with E-state index >= 15 is 0 Å². The zero-order valence-electron chi connectivity index (χ0n) is 9.20. The van der Waals surface area contributed by atoms with Crippen LogP contribution in [0.2, 0.25) is 5.15 Å². The van der Waals surface area contributed by atoms with Gasteiger partial charge in [0, 0.05) is 5.92 Å². The molecule has 0 radical (unpaired) electrons. The topological polar surface area (TPSA) is 38.9 Å². The molecule has 0 aromatic carbocycles. The first-order valence-electron chi connectivity index (χ1n) is 5.44. The molecule has 0 saturated heterocycles. The highest BCUT2D eigenvalue weighted by Crippen LogP contribution is 2.42. The maximum absolute atomic E-state index is 6.16. The van der Waals surface area contributed by atoms with Crippen LogP contribution in [0.4, 0.5) is 0 Å². The van der Waals surface area contributed by atoms with Gasteiger partial charge in [-0.15, -0.1) is 0 Å². The summed E-state index contributed by atoms with van der Waals surface area (Å²) in [7, 11) is 0. The van der Waals surface area contributed by atoms with Crippen molar-refractivity contribution in [1.29, 1.82) is 0 Å². The van der Waals surface area contributed by atoms with Crippen LogP contribution in [0.3, 0.4) is 0 Å². The average Bonchev–Trinajstić information content (AvgIpc) is 3.05. The minimum absolute atomic E-state index is 0.522. The molecule has 0 unspecified atom stereocenters. The molecule has 0 N–H and O–H groups in total. The SMILES string of the molecule is Cc1ccoc1-c1nc(Cl)c(I)c(C2CC2)n1. The Morgan fingerprint density at radius 1 is 1.41 bits per heavy atom. The smallest absolute Gasteiger partial charge is 0.197 e. The Hall–Kier alpha value is -0.620. The van der Waals surface area contributed by atoms with Crippen molar-refractivity contribution in [2.24, 2.45) is 0 Å². The zero-order chi connectivity index (χ0) is 12.0. The summed E-state index contributed by atoms with van der Waals surface area (Å²) in [6.07, 6.45) is 4.04. The van der Waals surface area contributed by atoms with Gasteiger partial charge < -0.3 is 4.42 Å². The van der Waals surface area contributed by atoms with Crippen LogP contribution in [0.5, 0.6) is 0 Å². The van der Waals surface area contributed by atoms with E-state index in [2.05, 4.69) is 32.6 Å². The van der Waals surface area contributed by atoms with Gasteiger partial charge in [-0.1, -0.05) is 11.6 Å². The third-order valence-electron chi connectivity index (χ3n) is 2.87. The summed E-state index contributed by atoms with van der Waals surface area (Å²) in [5, 5.41) is 0.522. The van der Waals surface area contributed by atoms with Gasteiger partial charge in [0.2, 0.25) is 0 Å². The first kappa shape index (κ1) is 11.5. The third-order valence-corrected chi connectivity index (χ3v) is 4.52. The maximum atomic E-state index is 6.16. The quantitative estimate of drug-likeness (QED) is 0.596. The zero-order valence-corrected chi connectivity index (χ0v) is 12.1. The fourth-order valence-electron chi connectivity index (χ4n) is 1.77. The van der Waals surface area contributed by atoms with Crippen LogP contribution in [-0.2, 0) is 0 Å². The van der Waals surface area contributed by atoms with Gasteiger partial charge in [-0.3, -0.25) is 0 Å². The number of hydrogen-bond donors (Lipinski definition) is 0. The summed E-state index contributed by atoms with van der Waals surface area (Å²) in [6, 6.07) is 1.90. The summed E-state index contributed by atoms with van der Waals surface area (Å²) in [6.45, 7) is 1.98. The van der Waals surface area contributed by atoms with E-state index in [4.69, 9.17) is 16.0 Å². The van der Waals surface area contributed by atoms with Crippen LogP contribution in [0.15, 0.2) is 16.7 Å². The number of aromatic nitrogens is 2. The molecule has 0 amide bonds. The molecule has 3 nitrogen and oxygen atoms in total. The Labute approximate surface area is 118 Å². The van der Waals surface area contributed by atoms with Crippen LogP contribution >= 0.6 is 34.2 Å². The molecule has 0 atom stereocenters. The van der Waals surface area contributed by atoms with Crippen molar-refractivity contribution in [3.8, 4) is 11.6 Å². The predicted octanol–water partition coefficient (Wildman–Crippen LogP) is 4.18. The van der Waals surface area contributed by atoms with Gasteiger partial charge in [0.15, 0.2) is 11.6 Å². The average molecular weight is 361 g/mol. The van der Waals surface area contributed by atoms with Crippen molar-refractivity contribution in [2.75, 3.05) is 0 Å². The first-order valence-corrected chi connectivity index (χ1v) is 6.90. The van der Waals surface area contributed by atoms with Crippen LogP contribution in [0, 0.1) is 10.5 Å². The van der Waals surface area contributed by atoms with Crippen LogP contribution < -0.4 is 0 Å². The Morgan fingerprint density at radius 3 is 2.76 bits per heavy atom. The molecule has 0 bridgehead atoms. The largest absolute Gasteiger partial charge is 0.461 e. The van der Waals surface area contributed by atoms with Crippen molar-refractivity contribution in [2.45, 2.75) is 25.7 Å². The second-order valence-corrected chi connectivity index (χ2v) is 5.68. The monoisotopic (exact) mass is 360 g/mol. The predicted molar refractivity (Wildman–Crippen MR) is 74.2 cm³/mol. The van der Waals surface area contributed by atoms with E-state index < -0.39 is 0 Å². The van der Waals surface area contributed by atoms with Gasteiger partial charge in [-0.2, -0.15) is 0 Å². The lowest BCUT2D eigenvalue weighted by molar-refractivity contribution is 0.575. The van der Waals surface area contributed by atoms with Gasteiger partial charge in [-0.25, -0.2) is 9.97 Å². The molecule has 1 aliphatic carbocycles. The number of nitrogens with zero attached hydrogens (tertiary/aromatic N) is 2. The van der Waals surface area contributed by atoms with Crippen molar-refractivity contribution in [3.63, 3.8) is 0 Å². The molecule has 17 heavy (non-hydrogen) atoms. The molecule has 2 heterocycles. The standard InChI is InChI=1S/C12H10ClIN2O/c1-6-4-5-17-10(6)12-15-9(7-2-3-7)8(14)11(13)16-12/h4-5,7H,2-3H2,1H3. The van der Waals surface area contributed by atoms with E-state index in [1.165, 1.54) is 12.8 Å². The van der Waals surface area contributed by atoms with Crippen molar-refractivity contribution in [1.82, 2.24) is 9.97 Å². The van der Waals surface area contributed by atoms with Crippen LogP contribution in [0.1, 0.15) is 30.0 Å². The molecule has 0 spiro atoms. The molecule has 88 valence electrons. The van der Waals surface area contributed by atoms with Crippen molar-refractivity contribution in [3.05, 3.63) is 32.3 Å². The van der Waals surface area contributed by atoms with Crippen LogP contribution in [0.25, 0.3) is 11.6 Å². The second-order valence-electron chi connectivity index (χ2n) is 4.24. The molecule has 1 fully saturated rings. The van der Waals surface area contributed by atoms with Gasteiger partial charge in [0.05, 0.1) is 15.5 Å². The number of furan rings is 1. The summed E-state index contributed by atoms with van der Waals surface area (Å²) < 4.78 is 6.39. The molecule has 3 rings (SSSR count). The fourth-order valence-corrected chi connectivity index (χ4v) is 2.63. The molecule has 2 aromatic heterocycles. The van der Waals surface area contributed by atoms with E-state index in [1.807, 2.05) is 13.0 Å². The highest BCUT2D eigenvalue weighted by molar-refractivity contribution is 14.1. The van der Waals surface area contributed by atoms with E-state index in [9.17, 15) is 0 Å². The van der Waals surface area contributed by atoms with E-state index in [1.54, 1.807) is 6.26 Å². The molecule has 0 aliphatic heterocycles. The van der Waals surface area contributed by atoms with Gasteiger partial charge in [0.1, 0.15) is 5.15 Å². The molecule has 5 heteroatoms. The number of halogens is 2. The highest BCUT2D eigenvalue weighted by Gasteiger charge is 2.29. The first-order chi connectivity index (χ1) is 8.16. The summed E-state index contributed by atoms with van der Waals surface area (Å²) >= 11 is 8.38. The fraction of sp³-hybridized carbons (Fsp3) is 0.333. The van der Waals surface area contributed by atoms with Gasteiger partial charge >= 0.3 is 0 Å². The molecule has 1 aliphatic rings. The highest BCUT2D eigenvalue weighted by atomic mass is 127. The third kappa shape index (κ3) is 2.08. The second kappa shape index (κ2) is 4.24. The van der Waals surface area contributed by atoms with Gasteiger partial charge in [0.25, 0.3) is 0 Å². The maximum Gasteiger partial charge on any atom is 0.197 e. The summed E-state index contributed by atoms with van der Waals surface area (Å²) in [5.74, 6) is 1.86. The van der Waals surface area contributed by atoms with E-state index in [0.29, 0.717) is 22.7 Å². The summed E-state index contributed by atoms with van der Waals surface area (Å²) in [4.78, 5) is 8.90. The lowest BCUT2D eigenvalue weighted by atomic mass is 10.2. The minimum atomic E-state index is 0.522. The Balaban J connectivity index is 2.15. The van der Waals surface area contributed by atoms with Crippen LogP contribution in [-0.4, -0.2) is 9.97 Å². The Kier molecular flexibility index (Phi) is 2.86. The molecular weight excluding hydrogens is 351 g/mol. The van der Waals surface area contributed by atoms with Gasteiger partial charge in [-0.05, 0) is 54.0 Å². The lowest BCUT2D eigenvalue weighted by Gasteiger charge is -2.06. The van der Waals surface area contributed by atoms with E-state index in [0.717, 1.165) is 14.8 Å². The van der Waals surface area contributed by atoms with Crippen molar-refractivity contribution < 1.29 is 4.42 Å². The molecule has 1 saturated carbocycles. The van der Waals surface area contributed by atoms with Crippen molar-refractivity contribution >= 4 is 34.2 Å². The Bertz CT molecular complexity index is 578. The Morgan fingerprint density at radius 2 is 2.18 bits per heavy atom. The summed E-state index contributed by atoms with van der Waals surface area (Å²) in [5.41, 5.74) is 2.10. The molecular formula is C12H10ClIN2O. The normalized spacial score (nSPS) is 15.2. The van der Waals surface area contributed by atoms with E-state index in [-0.39, 0.29) is 0 Å². The number of hydrogen-bond acceptors (Lipinski definition) is 3.